The molecule has 1 atom stereocenters. The third-order valence-corrected chi connectivity index (χ3v) is 3.78. The molecule has 1 unspecified atom stereocenters. The summed E-state index contributed by atoms with van der Waals surface area (Å²) in [5, 5.41) is 26.4. The van der Waals surface area contributed by atoms with E-state index in [-0.39, 0.29) is 32.8 Å². The van der Waals surface area contributed by atoms with E-state index in [1.807, 2.05) is 0 Å². The Hall–Kier alpha value is -1.75. The fourth-order valence-corrected chi connectivity index (χ4v) is 2.47. The summed E-state index contributed by atoms with van der Waals surface area (Å²) in [6.07, 6.45) is 3.16. The van der Waals surface area contributed by atoms with Crippen molar-refractivity contribution in [3.05, 3.63) is 0 Å². The summed E-state index contributed by atoms with van der Waals surface area (Å²) in [6.45, 7) is 4.37. The number of carboxylic acid groups (broad SMARTS) is 3. The molecule has 158 valence electrons. The predicted octanol–water partition coefficient (Wildman–Crippen LogP) is -1.35. The minimum absolute atomic E-state index is 0.0760. The first-order chi connectivity index (χ1) is 12.8. The molecule has 0 aliphatic carbocycles. The summed E-state index contributed by atoms with van der Waals surface area (Å²) in [5.41, 5.74) is 0. The highest BCUT2D eigenvalue weighted by Crippen LogP contribution is 1.90. The van der Waals surface area contributed by atoms with Gasteiger partial charge in [-0.2, -0.15) is 0 Å². The Labute approximate surface area is 159 Å². The lowest BCUT2D eigenvalue weighted by Gasteiger charge is -2.18. The second-order valence-electron chi connectivity index (χ2n) is 6.25. The smallest absolute Gasteiger partial charge is 0.359 e. The maximum absolute atomic E-state index is 10.9. The van der Waals surface area contributed by atoms with Crippen molar-refractivity contribution in [3.8, 4) is 0 Å². The van der Waals surface area contributed by atoms with Gasteiger partial charge in [-0.25, -0.2) is 4.79 Å². The minimum atomic E-state index is -1.09. The Morgan fingerprint density at radius 3 is 1.93 bits per heavy atom. The largest absolute Gasteiger partial charge is 0.480 e. The quantitative estimate of drug-likeness (QED) is 0.196. The molecule has 0 spiro atoms. The van der Waals surface area contributed by atoms with E-state index >= 15 is 0 Å². The molecular formula is C17H33N2O8+. The van der Waals surface area contributed by atoms with Crippen LogP contribution >= 0.6 is 0 Å². The Morgan fingerprint density at radius 1 is 0.815 bits per heavy atom. The highest BCUT2D eigenvalue weighted by molar-refractivity contribution is 5.72. The summed E-state index contributed by atoms with van der Waals surface area (Å²) in [4.78, 5) is 34.5. The van der Waals surface area contributed by atoms with Crippen LogP contribution in [0.15, 0.2) is 0 Å². The van der Waals surface area contributed by atoms with Gasteiger partial charge in [-0.05, 0) is 12.8 Å². The number of nitrogens with one attached hydrogen (secondary N) is 1. The molecule has 27 heavy (non-hydrogen) atoms. The van der Waals surface area contributed by atoms with Crippen molar-refractivity contribution in [2.45, 2.75) is 26.2 Å². The summed E-state index contributed by atoms with van der Waals surface area (Å²) in [5.74, 6) is -3.00. The first-order valence-corrected chi connectivity index (χ1v) is 9.22. The fraction of sp³-hybridized carbons (Fsp3) is 0.824. The number of carboxylic acids is 3. The van der Waals surface area contributed by atoms with Gasteiger partial charge in [0.05, 0.1) is 46.1 Å². The lowest BCUT2D eigenvalue weighted by atomic mass is 10.2. The van der Waals surface area contributed by atoms with E-state index < -0.39 is 17.9 Å². The van der Waals surface area contributed by atoms with Gasteiger partial charge in [0.25, 0.3) is 0 Å². The molecule has 0 aliphatic heterocycles. The van der Waals surface area contributed by atoms with Crippen LogP contribution in [-0.2, 0) is 23.9 Å². The summed E-state index contributed by atoms with van der Waals surface area (Å²) >= 11 is 0. The first-order valence-electron chi connectivity index (χ1n) is 9.22. The van der Waals surface area contributed by atoms with Gasteiger partial charge in [-0.1, -0.05) is 13.3 Å². The van der Waals surface area contributed by atoms with Gasteiger partial charge in [0.15, 0.2) is 6.54 Å². The maximum atomic E-state index is 10.9. The summed E-state index contributed by atoms with van der Waals surface area (Å²) in [7, 11) is 0. The van der Waals surface area contributed by atoms with Crippen molar-refractivity contribution < 1.29 is 44.1 Å². The van der Waals surface area contributed by atoms with Crippen LogP contribution in [0.4, 0.5) is 0 Å². The van der Waals surface area contributed by atoms with E-state index in [0.717, 1.165) is 30.7 Å². The summed E-state index contributed by atoms with van der Waals surface area (Å²) in [6, 6.07) is 0. The Morgan fingerprint density at radius 2 is 1.41 bits per heavy atom. The molecule has 10 nitrogen and oxygen atoms in total. The molecule has 0 radical (unpaired) electrons. The van der Waals surface area contributed by atoms with E-state index in [4.69, 9.17) is 24.8 Å². The molecule has 0 saturated carbocycles. The van der Waals surface area contributed by atoms with Crippen LogP contribution in [-0.4, -0.2) is 104 Å². The lowest BCUT2D eigenvalue weighted by Crippen LogP contribution is -3.13. The Balaban J connectivity index is 3.81. The number of rotatable bonds is 19. The van der Waals surface area contributed by atoms with Crippen molar-refractivity contribution in [2.75, 3.05) is 65.7 Å². The average molecular weight is 393 g/mol. The number of aliphatic carboxylic acids is 3. The third-order valence-electron chi connectivity index (χ3n) is 3.78. The number of nitrogens with zero attached hydrogens (tertiary/aromatic N) is 1. The third kappa shape index (κ3) is 17.4. The summed E-state index contributed by atoms with van der Waals surface area (Å²) < 4.78 is 10.8. The van der Waals surface area contributed by atoms with Crippen LogP contribution in [0.2, 0.25) is 0 Å². The van der Waals surface area contributed by atoms with Crippen molar-refractivity contribution in [1.82, 2.24) is 4.90 Å². The lowest BCUT2D eigenvalue weighted by molar-refractivity contribution is -0.893. The fourth-order valence-electron chi connectivity index (χ4n) is 2.47. The van der Waals surface area contributed by atoms with Gasteiger partial charge in [0.1, 0.15) is 6.54 Å². The molecular weight excluding hydrogens is 360 g/mol. The Kier molecular flexibility index (Phi) is 15.4. The number of hydrogen-bond donors (Lipinski definition) is 4. The number of ether oxygens (including phenoxy) is 2. The van der Waals surface area contributed by atoms with Crippen LogP contribution < -0.4 is 4.90 Å². The molecule has 4 N–H and O–H groups in total. The number of carbonyl (C=O) groups is 3. The molecule has 0 aromatic heterocycles. The highest BCUT2D eigenvalue weighted by atomic mass is 16.5. The van der Waals surface area contributed by atoms with Gasteiger partial charge in [0, 0.05) is 6.54 Å². The van der Waals surface area contributed by atoms with Gasteiger partial charge in [-0.15, -0.1) is 0 Å². The van der Waals surface area contributed by atoms with E-state index in [0.29, 0.717) is 26.4 Å². The molecule has 0 aliphatic rings. The predicted molar refractivity (Wildman–Crippen MR) is 96.1 cm³/mol. The van der Waals surface area contributed by atoms with E-state index in [1.165, 1.54) is 4.90 Å². The second kappa shape index (κ2) is 16.4. The maximum Gasteiger partial charge on any atom is 0.359 e. The van der Waals surface area contributed by atoms with Gasteiger partial charge < -0.3 is 29.7 Å². The first kappa shape index (κ1) is 25.2. The normalized spacial score (nSPS) is 12.2. The van der Waals surface area contributed by atoms with Crippen LogP contribution in [0.1, 0.15) is 26.2 Å². The zero-order chi connectivity index (χ0) is 20.5. The molecule has 0 heterocycles. The van der Waals surface area contributed by atoms with Crippen molar-refractivity contribution >= 4 is 17.9 Å². The second-order valence-corrected chi connectivity index (χ2v) is 6.25. The topological polar surface area (TPSA) is 138 Å². The van der Waals surface area contributed by atoms with Gasteiger partial charge in [-0.3, -0.25) is 14.5 Å². The van der Waals surface area contributed by atoms with Crippen LogP contribution in [0.25, 0.3) is 0 Å². The minimum Gasteiger partial charge on any atom is -0.480 e. The van der Waals surface area contributed by atoms with Crippen LogP contribution in [0.3, 0.4) is 0 Å². The molecule has 0 saturated heterocycles. The number of quaternary nitrogens is 1. The molecule has 10 heteroatoms. The SMILES string of the molecule is CCCCC[NH+](CCOCCOCCN(CC(=O)O)CC(=O)O)CC(=O)O. The molecule has 0 rings (SSSR count). The van der Waals surface area contributed by atoms with Gasteiger partial charge in [0.2, 0.25) is 0 Å². The average Bonchev–Trinajstić information content (AvgIpc) is 2.55. The molecule has 0 aromatic rings. The van der Waals surface area contributed by atoms with Crippen molar-refractivity contribution in [3.63, 3.8) is 0 Å². The molecule has 0 fully saturated rings. The molecule has 0 bridgehead atoms. The zero-order valence-electron chi connectivity index (χ0n) is 16.0. The van der Waals surface area contributed by atoms with Gasteiger partial charge >= 0.3 is 17.9 Å². The Bertz CT molecular complexity index is 417. The van der Waals surface area contributed by atoms with Crippen LogP contribution in [0.5, 0.6) is 0 Å². The highest BCUT2D eigenvalue weighted by Gasteiger charge is 2.14. The van der Waals surface area contributed by atoms with E-state index in [2.05, 4.69) is 6.92 Å². The monoisotopic (exact) mass is 393 g/mol. The van der Waals surface area contributed by atoms with E-state index in [1.54, 1.807) is 0 Å². The molecule has 0 aromatic carbocycles. The standard InChI is InChI=1S/C17H32N2O8/c1-2-3-4-5-18(12-15(20)21)6-8-26-10-11-27-9-7-19(13-16(22)23)14-17(24)25/h2-14H2,1H3,(H,20,21)(H,22,23)(H,24,25)/p+1. The van der Waals surface area contributed by atoms with Crippen molar-refractivity contribution in [1.29, 1.82) is 0 Å². The van der Waals surface area contributed by atoms with Crippen LogP contribution in [0, 0.1) is 0 Å². The number of unbranched alkanes of at least 4 members (excludes halogenated alkanes) is 2. The molecule has 0 amide bonds. The zero-order valence-corrected chi connectivity index (χ0v) is 16.0. The van der Waals surface area contributed by atoms with E-state index in [9.17, 15) is 14.4 Å². The number of hydrogen-bond acceptors (Lipinski definition) is 6. The van der Waals surface area contributed by atoms with Crippen molar-refractivity contribution in [2.24, 2.45) is 0 Å².